The second-order valence-corrected chi connectivity index (χ2v) is 5.13. The average molecular weight is 399 g/mol. The average Bonchev–Trinajstić information content (AvgIpc) is 2.55. The summed E-state index contributed by atoms with van der Waals surface area (Å²) in [4.78, 5) is 4.81. The Hall–Kier alpha value is -1.35. The topological polar surface area (TPSA) is 79.5 Å². The van der Waals surface area contributed by atoms with Crippen molar-refractivity contribution in [1.29, 1.82) is 0 Å². The number of halogens is 1. The van der Waals surface area contributed by atoms with E-state index in [2.05, 4.69) is 31.7 Å². The van der Waals surface area contributed by atoms with Gasteiger partial charge in [-0.25, -0.2) is 0 Å². The molecule has 0 aliphatic heterocycles. The van der Waals surface area contributed by atoms with Crippen LogP contribution in [0.5, 0.6) is 5.75 Å². The first-order valence-corrected chi connectivity index (χ1v) is 7.62. The summed E-state index contributed by atoms with van der Waals surface area (Å²) in [6, 6.07) is 15.2. The second kappa shape index (κ2) is 8.18. The number of anilines is 1. The molecule has 0 radical (unpaired) electrons. The molecule has 2 rings (SSSR count). The first-order chi connectivity index (χ1) is 10.2. The molecule has 0 aliphatic rings. The van der Waals surface area contributed by atoms with Gasteiger partial charge in [-0.3, -0.25) is 0 Å². The van der Waals surface area contributed by atoms with Gasteiger partial charge < -0.3 is 18.8 Å². The molecule has 5 N–H and O–H groups in total. The van der Waals surface area contributed by atoms with E-state index in [0.29, 0.717) is 18.8 Å². The van der Waals surface area contributed by atoms with Crippen LogP contribution in [0.15, 0.2) is 48.5 Å². The molecule has 5 nitrogen and oxygen atoms in total. The van der Waals surface area contributed by atoms with Crippen molar-refractivity contribution in [1.82, 2.24) is 5.32 Å². The van der Waals surface area contributed by atoms with E-state index in [0.717, 1.165) is 16.8 Å². The molecule has 0 heterocycles. The van der Waals surface area contributed by atoms with Crippen molar-refractivity contribution in [2.45, 2.75) is 12.6 Å². The van der Waals surface area contributed by atoms with Gasteiger partial charge in [0.15, 0.2) is 5.75 Å². The molecule has 0 amide bonds. The van der Waals surface area contributed by atoms with Crippen molar-refractivity contribution >= 4 is 28.6 Å². The lowest BCUT2D eigenvalue weighted by atomic mass is 10.1. The summed E-state index contributed by atoms with van der Waals surface area (Å²) in [6.45, 7) is 1.03. The number of benzene rings is 2. The Labute approximate surface area is 138 Å². The molecule has 112 valence electrons. The van der Waals surface area contributed by atoms with Gasteiger partial charge in [-0.15, -0.1) is 0 Å². The molecule has 0 aromatic heterocycles. The van der Waals surface area contributed by atoms with Crippen molar-refractivity contribution in [2.24, 2.45) is 5.90 Å². The van der Waals surface area contributed by atoms with E-state index in [1.807, 2.05) is 48.5 Å². The van der Waals surface area contributed by atoms with Crippen LogP contribution in [0.25, 0.3) is 0 Å². The normalized spacial score (nSPS) is 12.0. The molecule has 6 heteroatoms. The number of hydrogen-bond donors (Lipinski definition) is 4. The van der Waals surface area contributed by atoms with Crippen LogP contribution < -0.4 is 19.6 Å². The Balaban J connectivity index is 1.90. The van der Waals surface area contributed by atoms with E-state index in [1.54, 1.807) is 0 Å². The van der Waals surface area contributed by atoms with Crippen LogP contribution in [0.3, 0.4) is 0 Å². The summed E-state index contributed by atoms with van der Waals surface area (Å²) >= 11 is 2.06. The number of aliphatic hydroxyl groups is 1. The van der Waals surface area contributed by atoms with Gasteiger partial charge >= 0.3 is 0 Å². The van der Waals surface area contributed by atoms with Crippen LogP contribution in [-0.2, 0) is 6.54 Å². The lowest BCUT2D eigenvalue weighted by Gasteiger charge is -2.14. The summed E-state index contributed by atoms with van der Waals surface area (Å²) in [5.74, 6) is 5.86. The Kier molecular flexibility index (Phi) is 6.24. The van der Waals surface area contributed by atoms with Crippen molar-refractivity contribution in [3.8, 4) is 5.75 Å². The molecule has 2 aromatic rings. The zero-order valence-electron chi connectivity index (χ0n) is 11.4. The molecule has 0 bridgehead atoms. The Morgan fingerprint density at radius 2 is 2.00 bits per heavy atom. The molecular formula is C15H18IN3O2. The van der Waals surface area contributed by atoms with Crippen molar-refractivity contribution < 1.29 is 9.94 Å². The molecule has 0 aliphatic carbocycles. The van der Waals surface area contributed by atoms with E-state index in [1.165, 1.54) is 0 Å². The highest BCUT2D eigenvalue weighted by atomic mass is 127. The molecule has 0 unspecified atom stereocenters. The molecule has 21 heavy (non-hydrogen) atoms. The van der Waals surface area contributed by atoms with E-state index < -0.39 is 6.10 Å². The van der Waals surface area contributed by atoms with E-state index in [9.17, 15) is 5.11 Å². The summed E-state index contributed by atoms with van der Waals surface area (Å²) in [6.07, 6.45) is -0.569. The van der Waals surface area contributed by atoms with Gasteiger partial charge in [0.1, 0.15) is 0 Å². The Morgan fingerprint density at radius 1 is 1.19 bits per heavy atom. The standard InChI is InChI=1S/C15H18IN3O2/c16-19-13-6-3-5-11(8-13)14(20)10-18-9-12-4-1-2-7-15(12)21-17/h1-8,14,18-20H,9-10,17H2/t14-/m0/s1. The molecular weight excluding hydrogens is 381 g/mol. The minimum Gasteiger partial charge on any atom is -0.411 e. The quantitative estimate of drug-likeness (QED) is 0.327. The molecule has 1 atom stereocenters. The minimum atomic E-state index is -0.569. The maximum atomic E-state index is 10.2. The summed E-state index contributed by atoms with van der Waals surface area (Å²) in [5, 5.41) is 13.4. The number of para-hydroxylation sites is 1. The minimum absolute atomic E-state index is 0.448. The third-order valence-corrected chi connectivity index (χ3v) is 3.76. The van der Waals surface area contributed by atoms with Gasteiger partial charge in [-0.2, -0.15) is 5.90 Å². The number of aliphatic hydroxyl groups excluding tert-OH is 1. The van der Waals surface area contributed by atoms with Gasteiger partial charge in [-0.05, 0) is 23.8 Å². The number of rotatable bonds is 7. The zero-order chi connectivity index (χ0) is 15.1. The zero-order valence-corrected chi connectivity index (χ0v) is 13.6. The highest BCUT2D eigenvalue weighted by Gasteiger charge is 2.08. The number of hydrogen-bond acceptors (Lipinski definition) is 5. The molecule has 0 saturated heterocycles. The van der Waals surface area contributed by atoms with Gasteiger partial charge in [0.2, 0.25) is 0 Å². The molecule has 0 fully saturated rings. The van der Waals surface area contributed by atoms with E-state index in [-0.39, 0.29) is 0 Å². The lowest BCUT2D eigenvalue weighted by molar-refractivity contribution is 0.174. The SMILES string of the molecule is NOc1ccccc1CNC[C@H](O)c1cccc(NI)c1. The van der Waals surface area contributed by atoms with Crippen LogP contribution in [0.2, 0.25) is 0 Å². The third kappa shape index (κ3) is 4.57. The highest BCUT2D eigenvalue weighted by molar-refractivity contribution is 14.1. The maximum absolute atomic E-state index is 10.2. The van der Waals surface area contributed by atoms with Crippen molar-refractivity contribution in [2.75, 3.05) is 10.1 Å². The van der Waals surface area contributed by atoms with Gasteiger partial charge in [0, 0.05) is 24.3 Å². The van der Waals surface area contributed by atoms with Crippen LogP contribution >= 0.6 is 22.9 Å². The highest BCUT2D eigenvalue weighted by Crippen LogP contribution is 2.19. The second-order valence-electron chi connectivity index (χ2n) is 4.59. The molecule has 0 saturated carbocycles. The van der Waals surface area contributed by atoms with Gasteiger partial charge in [-0.1, -0.05) is 30.3 Å². The predicted molar refractivity (Wildman–Crippen MR) is 92.0 cm³/mol. The maximum Gasteiger partial charge on any atom is 0.151 e. The van der Waals surface area contributed by atoms with E-state index >= 15 is 0 Å². The Morgan fingerprint density at radius 3 is 2.76 bits per heavy atom. The van der Waals surface area contributed by atoms with E-state index in [4.69, 9.17) is 10.7 Å². The van der Waals surface area contributed by atoms with Gasteiger partial charge in [0.05, 0.1) is 29.0 Å². The third-order valence-electron chi connectivity index (χ3n) is 3.13. The van der Waals surface area contributed by atoms with Crippen LogP contribution in [-0.4, -0.2) is 11.7 Å². The van der Waals surface area contributed by atoms with Crippen molar-refractivity contribution in [3.63, 3.8) is 0 Å². The monoisotopic (exact) mass is 399 g/mol. The van der Waals surface area contributed by atoms with Crippen LogP contribution in [0.1, 0.15) is 17.2 Å². The first kappa shape index (κ1) is 16.0. The molecule has 0 spiro atoms. The smallest absolute Gasteiger partial charge is 0.151 e. The van der Waals surface area contributed by atoms with Crippen LogP contribution in [0, 0.1) is 0 Å². The number of nitrogens with one attached hydrogen (secondary N) is 2. The summed E-state index contributed by atoms with van der Waals surface area (Å²) < 4.78 is 3.03. The fourth-order valence-corrected chi connectivity index (χ4v) is 2.37. The largest absolute Gasteiger partial charge is 0.411 e. The first-order valence-electron chi connectivity index (χ1n) is 6.54. The summed E-state index contributed by atoms with van der Waals surface area (Å²) in [7, 11) is 0. The van der Waals surface area contributed by atoms with Crippen LogP contribution in [0.4, 0.5) is 5.69 Å². The number of nitrogens with two attached hydrogens (primary N) is 1. The van der Waals surface area contributed by atoms with Crippen molar-refractivity contribution in [3.05, 3.63) is 59.7 Å². The lowest BCUT2D eigenvalue weighted by Crippen LogP contribution is -2.21. The van der Waals surface area contributed by atoms with Gasteiger partial charge in [0.25, 0.3) is 0 Å². The summed E-state index contributed by atoms with van der Waals surface area (Å²) in [5.41, 5.74) is 2.79. The Bertz CT molecular complexity index is 580. The molecule has 2 aromatic carbocycles. The fourth-order valence-electron chi connectivity index (χ4n) is 2.03. The fraction of sp³-hybridized carbons (Fsp3) is 0.200. The predicted octanol–water partition coefficient (Wildman–Crippen LogP) is 2.52.